The Morgan fingerprint density at radius 3 is 2.43 bits per heavy atom. The molecule has 23 heavy (non-hydrogen) atoms. The molecule has 0 unspecified atom stereocenters. The summed E-state index contributed by atoms with van der Waals surface area (Å²) in [4.78, 5) is 13.9. The van der Waals surface area contributed by atoms with E-state index < -0.39 is 0 Å². The van der Waals surface area contributed by atoms with Crippen molar-refractivity contribution in [2.24, 2.45) is 0 Å². The Morgan fingerprint density at radius 1 is 1.09 bits per heavy atom. The van der Waals surface area contributed by atoms with E-state index in [0.717, 1.165) is 17.1 Å². The lowest BCUT2D eigenvalue weighted by Crippen LogP contribution is -2.12. The van der Waals surface area contributed by atoms with E-state index in [0.29, 0.717) is 6.42 Å². The van der Waals surface area contributed by atoms with Gasteiger partial charge in [0.1, 0.15) is 0 Å². The van der Waals surface area contributed by atoms with Crippen LogP contribution in [0.25, 0.3) is 6.08 Å². The first-order valence-corrected chi connectivity index (χ1v) is 8.60. The molecule has 0 atom stereocenters. The molecule has 3 nitrogen and oxygen atoms in total. The Morgan fingerprint density at radius 2 is 1.78 bits per heavy atom. The molecule has 0 aliphatic rings. The van der Waals surface area contributed by atoms with E-state index in [4.69, 9.17) is 0 Å². The number of hydrogen-bond donors (Lipinski definition) is 1. The van der Waals surface area contributed by atoms with Crippen LogP contribution in [-0.4, -0.2) is 25.8 Å². The van der Waals surface area contributed by atoms with Crippen molar-refractivity contribution in [1.29, 1.82) is 0 Å². The molecule has 2 rings (SSSR count). The van der Waals surface area contributed by atoms with E-state index in [-0.39, 0.29) is 5.91 Å². The molecular weight excluding hydrogens is 304 g/mol. The van der Waals surface area contributed by atoms with Crippen molar-refractivity contribution in [2.45, 2.75) is 6.42 Å². The fourth-order valence-electron chi connectivity index (χ4n) is 1.98. The highest BCUT2D eigenvalue weighted by molar-refractivity contribution is 8.02. The van der Waals surface area contributed by atoms with Crippen LogP contribution in [0.4, 0.5) is 11.4 Å². The maximum atomic E-state index is 11.9. The summed E-state index contributed by atoms with van der Waals surface area (Å²) in [5, 5.41) is 4.96. The van der Waals surface area contributed by atoms with Crippen molar-refractivity contribution in [2.75, 3.05) is 30.1 Å². The fraction of sp³-hybridized carbons (Fsp3) is 0.211. The van der Waals surface area contributed by atoms with Crippen molar-refractivity contribution >= 4 is 35.1 Å². The molecule has 4 heteroatoms. The first-order valence-electron chi connectivity index (χ1n) is 7.55. The van der Waals surface area contributed by atoms with E-state index in [1.165, 1.54) is 5.56 Å². The van der Waals surface area contributed by atoms with Crippen LogP contribution in [0.5, 0.6) is 0 Å². The van der Waals surface area contributed by atoms with Gasteiger partial charge in [-0.1, -0.05) is 30.3 Å². The standard InChI is InChI=1S/C19H22N2OS/c1-21(2)18-10-8-17(9-11-18)20-19(22)13-15-23-14-12-16-6-4-3-5-7-16/h3-12,14H,13,15H2,1-2H3,(H,20,22)/b14-12-. The van der Waals surface area contributed by atoms with Crippen LogP contribution in [0, 0.1) is 0 Å². The number of carbonyl (C=O) groups is 1. The second-order valence-corrected chi connectivity index (χ2v) is 6.34. The van der Waals surface area contributed by atoms with Crippen molar-refractivity contribution in [1.82, 2.24) is 0 Å². The number of hydrogen-bond acceptors (Lipinski definition) is 3. The number of carbonyl (C=O) groups excluding carboxylic acids is 1. The zero-order valence-corrected chi connectivity index (χ0v) is 14.3. The maximum Gasteiger partial charge on any atom is 0.225 e. The van der Waals surface area contributed by atoms with Crippen LogP contribution < -0.4 is 10.2 Å². The molecule has 2 aromatic carbocycles. The van der Waals surface area contributed by atoms with Gasteiger partial charge in [0.2, 0.25) is 5.91 Å². The van der Waals surface area contributed by atoms with Gasteiger partial charge in [0.25, 0.3) is 0 Å². The molecule has 0 saturated heterocycles. The zero-order chi connectivity index (χ0) is 16.5. The SMILES string of the molecule is CN(C)c1ccc(NC(=O)CCS/C=C\c2ccccc2)cc1. The first-order chi connectivity index (χ1) is 11.1. The Hall–Kier alpha value is -2.20. The average molecular weight is 326 g/mol. The highest BCUT2D eigenvalue weighted by atomic mass is 32.2. The molecule has 2 aromatic rings. The van der Waals surface area contributed by atoms with Gasteiger partial charge in [-0.05, 0) is 41.3 Å². The molecule has 0 aromatic heterocycles. The smallest absolute Gasteiger partial charge is 0.225 e. The van der Waals surface area contributed by atoms with Gasteiger partial charge in [0.05, 0.1) is 0 Å². The van der Waals surface area contributed by atoms with Crippen molar-refractivity contribution in [3.63, 3.8) is 0 Å². The monoisotopic (exact) mass is 326 g/mol. The summed E-state index contributed by atoms with van der Waals surface area (Å²) >= 11 is 1.65. The van der Waals surface area contributed by atoms with Gasteiger partial charge >= 0.3 is 0 Å². The maximum absolute atomic E-state index is 11.9. The van der Waals surface area contributed by atoms with E-state index in [2.05, 4.69) is 23.5 Å². The second-order valence-electron chi connectivity index (χ2n) is 5.32. The molecule has 120 valence electrons. The van der Waals surface area contributed by atoms with Crippen LogP contribution in [0.15, 0.2) is 60.0 Å². The van der Waals surface area contributed by atoms with Gasteiger partial charge in [-0.15, -0.1) is 11.8 Å². The minimum absolute atomic E-state index is 0.0446. The van der Waals surface area contributed by atoms with Gasteiger partial charge in [0.15, 0.2) is 0 Å². The van der Waals surface area contributed by atoms with E-state index in [1.54, 1.807) is 11.8 Å². The quantitative estimate of drug-likeness (QED) is 0.761. The third kappa shape index (κ3) is 6.20. The predicted octanol–water partition coefficient (Wildman–Crippen LogP) is 4.49. The molecular formula is C19H22N2OS. The molecule has 0 fully saturated rings. The third-order valence-electron chi connectivity index (χ3n) is 3.27. The molecule has 0 spiro atoms. The number of benzene rings is 2. The lowest BCUT2D eigenvalue weighted by atomic mass is 10.2. The number of nitrogens with zero attached hydrogens (tertiary/aromatic N) is 1. The fourth-order valence-corrected chi connectivity index (χ4v) is 2.67. The summed E-state index contributed by atoms with van der Waals surface area (Å²) < 4.78 is 0. The van der Waals surface area contributed by atoms with E-state index in [9.17, 15) is 4.79 Å². The second kappa shape index (κ2) is 9.06. The molecule has 1 amide bonds. The Labute approximate surface area is 142 Å². The summed E-state index contributed by atoms with van der Waals surface area (Å²) in [5.41, 5.74) is 3.13. The molecule has 1 N–H and O–H groups in total. The summed E-state index contributed by atoms with van der Waals surface area (Å²) in [6.45, 7) is 0. The topological polar surface area (TPSA) is 32.3 Å². The lowest BCUT2D eigenvalue weighted by molar-refractivity contribution is -0.115. The number of anilines is 2. The average Bonchev–Trinajstić information content (AvgIpc) is 2.56. The van der Waals surface area contributed by atoms with Crippen molar-refractivity contribution in [3.8, 4) is 0 Å². The largest absolute Gasteiger partial charge is 0.378 e. The predicted molar refractivity (Wildman–Crippen MR) is 102 cm³/mol. The number of nitrogens with one attached hydrogen (secondary N) is 1. The summed E-state index contributed by atoms with van der Waals surface area (Å²) in [5.74, 6) is 0.813. The van der Waals surface area contributed by atoms with Crippen LogP contribution >= 0.6 is 11.8 Å². The van der Waals surface area contributed by atoms with E-state index >= 15 is 0 Å². The number of amides is 1. The van der Waals surface area contributed by atoms with E-state index in [1.807, 2.05) is 66.9 Å². The Kier molecular flexibility index (Phi) is 6.76. The molecule has 0 aliphatic carbocycles. The highest BCUT2D eigenvalue weighted by Gasteiger charge is 2.02. The minimum atomic E-state index is 0.0446. The molecule has 0 heterocycles. The Balaban J connectivity index is 1.70. The highest BCUT2D eigenvalue weighted by Crippen LogP contribution is 2.16. The van der Waals surface area contributed by atoms with Gasteiger partial charge in [-0.3, -0.25) is 4.79 Å². The number of rotatable bonds is 7. The molecule has 0 bridgehead atoms. The van der Waals surface area contributed by atoms with Gasteiger partial charge in [0, 0.05) is 37.6 Å². The van der Waals surface area contributed by atoms with Gasteiger partial charge in [-0.2, -0.15) is 0 Å². The normalized spacial score (nSPS) is 10.7. The van der Waals surface area contributed by atoms with Crippen LogP contribution in [0.3, 0.4) is 0 Å². The molecule has 0 aliphatic heterocycles. The first kappa shape index (κ1) is 17.2. The minimum Gasteiger partial charge on any atom is -0.378 e. The summed E-state index contributed by atoms with van der Waals surface area (Å²) in [6, 6.07) is 18.0. The molecule has 0 radical (unpaired) electrons. The Bertz CT molecular complexity index is 636. The lowest BCUT2D eigenvalue weighted by Gasteiger charge is -2.13. The third-order valence-corrected chi connectivity index (χ3v) is 4.04. The van der Waals surface area contributed by atoms with Gasteiger partial charge < -0.3 is 10.2 Å². The summed E-state index contributed by atoms with van der Waals surface area (Å²) in [6.07, 6.45) is 2.56. The summed E-state index contributed by atoms with van der Waals surface area (Å²) in [7, 11) is 3.99. The zero-order valence-electron chi connectivity index (χ0n) is 13.5. The van der Waals surface area contributed by atoms with Crippen molar-refractivity contribution in [3.05, 3.63) is 65.6 Å². The van der Waals surface area contributed by atoms with Crippen LogP contribution in [0.1, 0.15) is 12.0 Å². The number of thioether (sulfide) groups is 1. The van der Waals surface area contributed by atoms with Gasteiger partial charge in [-0.25, -0.2) is 0 Å². The van der Waals surface area contributed by atoms with Crippen LogP contribution in [-0.2, 0) is 4.79 Å². The molecule has 0 saturated carbocycles. The van der Waals surface area contributed by atoms with Crippen LogP contribution in [0.2, 0.25) is 0 Å². The van der Waals surface area contributed by atoms with Crippen molar-refractivity contribution < 1.29 is 4.79 Å².